The standard InChI is InChI=1S/C18H19N3O2/c22-18-17-12-19-9-10-20(17)13-21(18)14-5-4-8-16(11-14)23-15-6-2-1-3-7-15/h1-8,11,17,19H,9-10,12-13H2. The molecule has 0 aliphatic carbocycles. The molecule has 2 heterocycles. The van der Waals surface area contributed by atoms with Crippen molar-refractivity contribution in [1.29, 1.82) is 0 Å². The van der Waals surface area contributed by atoms with Crippen LogP contribution in [0.15, 0.2) is 54.6 Å². The Labute approximate surface area is 135 Å². The molecule has 1 unspecified atom stereocenters. The molecule has 2 aromatic carbocycles. The topological polar surface area (TPSA) is 44.8 Å². The van der Waals surface area contributed by atoms with Gasteiger partial charge in [-0.2, -0.15) is 0 Å². The molecule has 4 rings (SSSR count). The minimum Gasteiger partial charge on any atom is -0.457 e. The maximum Gasteiger partial charge on any atom is 0.246 e. The van der Waals surface area contributed by atoms with E-state index in [-0.39, 0.29) is 11.9 Å². The predicted octanol–water partition coefficient (Wildman–Crippen LogP) is 2.06. The van der Waals surface area contributed by atoms with Crippen LogP contribution in [0.1, 0.15) is 0 Å². The first-order valence-corrected chi connectivity index (χ1v) is 7.90. The Morgan fingerprint density at radius 2 is 1.87 bits per heavy atom. The maximum atomic E-state index is 12.6. The predicted molar refractivity (Wildman–Crippen MR) is 88.7 cm³/mol. The number of rotatable bonds is 3. The molecule has 0 aromatic heterocycles. The molecular weight excluding hydrogens is 290 g/mol. The molecule has 0 saturated carbocycles. The fourth-order valence-electron chi connectivity index (χ4n) is 3.14. The van der Waals surface area contributed by atoms with Crippen molar-refractivity contribution in [2.75, 3.05) is 31.2 Å². The summed E-state index contributed by atoms with van der Waals surface area (Å²) in [7, 11) is 0. The summed E-state index contributed by atoms with van der Waals surface area (Å²) in [4.78, 5) is 16.7. The van der Waals surface area contributed by atoms with Gasteiger partial charge in [0.15, 0.2) is 0 Å². The molecule has 1 N–H and O–H groups in total. The largest absolute Gasteiger partial charge is 0.457 e. The highest BCUT2D eigenvalue weighted by atomic mass is 16.5. The van der Waals surface area contributed by atoms with Crippen molar-refractivity contribution in [2.45, 2.75) is 6.04 Å². The lowest BCUT2D eigenvalue weighted by Crippen LogP contribution is -2.50. The first kappa shape index (κ1) is 14.2. The van der Waals surface area contributed by atoms with E-state index in [9.17, 15) is 4.79 Å². The van der Waals surface area contributed by atoms with E-state index >= 15 is 0 Å². The maximum absolute atomic E-state index is 12.6. The number of carbonyl (C=O) groups is 1. The van der Waals surface area contributed by atoms with Gasteiger partial charge in [-0.25, -0.2) is 0 Å². The van der Waals surface area contributed by atoms with E-state index in [1.54, 1.807) is 0 Å². The molecule has 1 amide bonds. The van der Waals surface area contributed by atoms with Crippen LogP contribution in [0.25, 0.3) is 0 Å². The summed E-state index contributed by atoms with van der Waals surface area (Å²) >= 11 is 0. The van der Waals surface area contributed by atoms with Crippen LogP contribution in [-0.2, 0) is 4.79 Å². The number of hydrogen-bond acceptors (Lipinski definition) is 4. The van der Waals surface area contributed by atoms with E-state index in [0.29, 0.717) is 6.67 Å². The van der Waals surface area contributed by atoms with E-state index in [1.807, 2.05) is 59.5 Å². The molecule has 2 saturated heterocycles. The van der Waals surface area contributed by atoms with Crippen molar-refractivity contribution in [3.05, 3.63) is 54.6 Å². The summed E-state index contributed by atoms with van der Waals surface area (Å²) in [5.41, 5.74) is 0.887. The summed E-state index contributed by atoms with van der Waals surface area (Å²) in [5.74, 6) is 1.69. The van der Waals surface area contributed by atoms with E-state index in [2.05, 4.69) is 10.2 Å². The van der Waals surface area contributed by atoms with Gasteiger partial charge in [0.05, 0.1) is 6.67 Å². The number of ether oxygens (including phenoxy) is 1. The number of hydrogen-bond donors (Lipinski definition) is 1. The Balaban J connectivity index is 1.55. The molecule has 2 aliphatic rings. The third kappa shape index (κ3) is 2.81. The number of piperazine rings is 1. The van der Waals surface area contributed by atoms with E-state index in [1.165, 1.54) is 0 Å². The smallest absolute Gasteiger partial charge is 0.246 e. The highest BCUT2D eigenvalue weighted by Crippen LogP contribution is 2.29. The van der Waals surface area contributed by atoms with Crippen LogP contribution in [0.5, 0.6) is 11.5 Å². The van der Waals surface area contributed by atoms with Gasteiger partial charge in [-0.3, -0.25) is 14.6 Å². The van der Waals surface area contributed by atoms with Crippen molar-refractivity contribution in [3.8, 4) is 11.5 Å². The van der Waals surface area contributed by atoms with Crippen molar-refractivity contribution >= 4 is 11.6 Å². The van der Waals surface area contributed by atoms with Crippen LogP contribution in [0.4, 0.5) is 5.69 Å². The van der Waals surface area contributed by atoms with E-state index in [4.69, 9.17) is 4.74 Å². The van der Waals surface area contributed by atoms with E-state index in [0.717, 1.165) is 36.8 Å². The molecule has 2 aromatic rings. The van der Waals surface area contributed by atoms with Gasteiger partial charge < -0.3 is 10.1 Å². The van der Waals surface area contributed by atoms with Crippen LogP contribution in [0.2, 0.25) is 0 Å². The average Bonchev–Trinajstić information content (AvgIpc) is 2.93. The van der Waals surface area contributed by atoms with Gasteiger partial charge >= 0.3 is 0 Å². The molecule has 23 heavy (non-hydrogen) atoms. The number of nitrogens with zero attached hydrogens (tertiary/aromatic N) is 2. The third-order valence-corrected chi connectivity index (χ3v) is 4.34. The average molecular weight is 309 g/mol. The van der Waals surface area contributed by atoms with Gasteiger partial charge in [-0.1, -0.05) is 24.3 Å². The van der Waals surface area contributed by atoms with E-state index < -0.39 is 0 Å². The lowest BCUT2D eigenvalue weighted by atomic mass is 10.2. The number of carbonyl (C=O) groups excluding carboxylic acids is 1. The van der Waals surface area contributed by atoms with Gasteiger partial charge in [-0.15, -0.1) is 0 Å². The molecule has 2 fully saturated rings. The zero-order valence-corrected chi connectivity index (χ0v) is 12.8. The van der Waals surface area contributed by atoms with Gasteiger partial charge in [0.2, 0.25) is 5.91 Å². The second-order valence-electron chi connectivity index (χ2n) is 5.85. The highest BCUT2D eigenvalue weighted by Gasteiger charge is 2.40. The van der Waals surface area contributed by atoms with Crippen molar-refractivity contribution in [1.82, 2.24) is 10.2 Å². The van der Waals surface area contributed by atoms with Gasteiger partial charge in [0, 0.05) is 31.4 Å². The lowest BCUT2D eigenvalue weighted by Gasteiger charge is -2.26. The molecule has 0 bridgehead atoms. The molecule has 1 atom stereocenters. The lowest BCUT2D eigenvalue weighted by molar-refractivity contribution is -0.119. The fourth-order valence-corrected chi connectivity index (χ4v) is 3.14. The Bertz CT molecular complexity index is 704. The minimum atomic E-state index is -0.0394. The van der Waals surface area contributed by atoms with Crippen LogP contribution >= 0.6 is 0 Å². The molecule has 2 aliphatic heterocycles. The summed E-state index contributed by atoms with van der Waals surface area (Å²) in [6, 6.07) is 17.3. The highest BCUT2D eigenvalue weighted by molar-refractivity contribution is 5.99. The second kappa shape index (κ2) is 6.02. The molecule has 5 nitrogen and oxygen atoms in total. The SMILES string of the molecule is O=C1C2CNCCN2CN1c1cccc(Oc2ccccc2)c1. The number of nitrogens with one attached hydrogen (secondary N) is 1. The number of anilines is 1. The number of para-hydroxylation sites is 1. The summed E-state index contributed by atoms with van der Waals surface area (Å²) in [5, 5.41) is 3.29. The van der Waals surface area contributed by atoms with Crippen molar-refractivity contribution < 1.29 is 9.53 Å². The monoisotopic (exact) mass is 309 g/mol. The van der Waals surface area contributed by atoms with Crippen LogP contribution in [-0.4, -0.2) is 43.2 Å². The first-order valence-electron chi connectivity index (χ1n) is 7.90. The third-order valence-electron chi connectivity index (χ3n) is 4.34. The summed E-state index contributed by atoms with van der Waals surface area (Å²) in [6.45, 7) is 3.23. The summed E-state index contributed by atoms with van der Waals surface area (Å²) < 4.78 is 5.87. The zero-order chi connectivity index (χ0) is 15.6. The van der Waals surface area contributed by atoms with Crippen molar-refractivity contribution in [3.63, 3.8) is 0 Å². The summed E-state index contributed by atoms with van der Waals surface area (Å²) in [6.07, 6.45) is 0. The quantitative estimate of drug-likeness (QED) is 0.942. The second-order valence-corrected chi connectivity index (χ2v) is 5.85. The molecule has 5 heteroatoms. The number of amides is 1. The first-order chi connectivity index (χ1) is 11.3. The molecule has 118 valence electrons. The Kier molecular flexibility index (Phi) is 3.73. The normalized spacial score (nSPS) is 21.3. The van der Waals surface area contributed by atoms with Gasteiger partial charge in [-0.05, 0) is 24.3 Å². The number of benzene rings is 2. The number of fused-ring (bicyclic) bond motifs is 1. The van der Waals surface area contributed by atoms with Crippen LogP contribution < -0.4 is 15.0 Å². The van der Waals surface area contributed by atoms with Crippen LogP contribution in [0, 0.1) is 0 Å². The molecule has 0 radical (unpaired) electrons. The Morgan fingerprint density at radius 1 is 1.04 bits per heavy atom. The Morgan fingerprint density at radius 3 is 2.70 bits per heavy atom. The van der Waals surface area contributed by atoms with Gasteiger partial charge in [0.25, 0.3) is 0 Å². The Hall–Kier alpha value is -2.37. The zero-order valence-electron chi connectivity index (χ0n) is 12.8. The van der Waals surface area contributed by atoms with Gasteiger partial charge in [0.1, 0.15) is 17.5 Å². The van der Waals surface area contributed by atoms with Crippen LogP contribution in [0.3, 0.4) is 0 Å². The molecule has 0 spiro atoms. The molecular formula is C18H19N3O2. The fraction of sp³-hybridized carbons (Fsp3) is 0.278. The van der Waals surface area contributed by atoms with Crippen molar-refractivity contribution in [2.24, 2.45) is 0 Å². The minimum absolute atomic E-state index is 0.0394.